The van der Waals surface area contributed by atoms with E-state index in [2.05, 4.69) is 5.32 Å². The molecule has 0 bridgehead atoms. The largest absolute Gasteiger partial charge is 0.480 e. The Morgan fingerprint density at radius 2 is 2.41 bits per heavy atom. The van der Waals surface area contributed by atoms with Gasteiger partial charge in [0, 0.05) is 10.6 Å². The van der Waals surface area contributed by atoms with Crippen molar-refractivity contribution in [2.75, 3.05) is 11.6 Å². The van der Waals surface area contributed by atoms with E-state index < -0.39 is 12.0 Å². The van der Waals surface area contributed by atoms with Crippen molar-refractivity contribution in [2.24, 2.45) is 0 Å². The number of urea groups is 1. The van der Waals surface area contributed by atoms with Crippen LogP contribution in [0.4, 0.5) is 4.79 Å². The number of amides is 2. The van der Waals surface area contributed by atoms with E-state index in [0.717, 1.165) is 4.88 Å². The van der Waals surface area contributed by atoms with Gasteiger partial charge in [0.15, 0.2) is 0 Å². The van der Waals surface area contributed by atoms with Crippen molar-refractivity contribution >= 4 is 35.1 Å². The first kappa shape index (κ1) is 12.3. The van der Waals surface area contributed by atoms with Crippen LogP contribution in [0.5, 0.6) is 0 Å². The molecule has 1 aromatic rings. The van der Waals surface area contributed by atoms with Crippen molar-refractivity contribution in [3.8, 4) is 0 Å². The van der Waals surface area contributed by atoms with E-state index in [0.29, 0.717) is 18.2 Å². The molecule has 0 aliphatic carbocycles. The fourth-order valence-corrected chi connectivity index (χ4v) is 3.31. The van der Waals surface area contributed by atoms with E-state index in [1.165, 1.54) is 16.7 Å². The first-order valence-electron chi connectivity index (χ1n) is 5.06. The molecule has 1 fully saturated rings. The molecule has 1 unspecified atom stereocenters. The molecular weight excluding hydrogens is 260 g/mol. The Labute approximate surface area is 107 Å². The number of carboxylic acids is 1. The molecule has 0 saturated carbocycles. The zero-order valence-electron chi connectivity index (χ0n) is 8.96. The van der Waals surface area contributed by atoms with Crippen LogP contribution in [-0.2, 0) is 11.3 Å². The maximum atomic E-state index is 11.8. The number of nitrogens with one attached hydrogen (secondary N) is 1. The Bertz CT molecular complexity index is 408. The van der Waals surface area contributed by atoms with Crippen LogP contribution in [0.1, 0.15) is 4.88 Å². The van der Waals surface area contributed by atoms with Gasteiger partial charge in [-0.1, -0.05) is 6.07 Å². The van der Waals surface area contributed by atoms with E-state index in [4.69, 9.17) is 5.11 Å². The summed E-state index contributed by atoms with van der Waals surface area (Å²) in [5.74, 6) is -0.0455. The van der Waals surface area contributed by atoms with Crippen molar-refractivity contribution in [1.29, 1.82) is 0 Å². The van der Waals surface area contributed by atoms with Crippen molar-refractivity contribution in [2.45, 2.75) is 12.6 Å². The van der Waals surface area contributed by atoms with Crippen molar-refractivity contribution in [1.82, 2.24) is 10.2 Å². The van der Waals surface area contributed by atoms with Crippen molar-refractivity contribution < 1.29 is 14.7 Å². The average molecular weight is 272 g/mol. The third kappa shape index (κ3) is 2.92. The second-order valence-corrected chi connectivity index (χ2v) is 5.59. The van der Waals surface area contributed by atoms with Crippen LogP contribution in [0.25, 0.3) is 0 Å². The van der Waals surface area contributed by atoms with E-state index in [-0.39, 0.29) is 6.03 Å². The number of rotatable bonds is 3. The molecule has 1 atom stereocenters. The van der Waals surface area contributed by atoms with E-state index in [1.54, 1.807) is 11.3 Å². The number of thioether (sulfide) groups is 1. The molecular formula is C10H12N2O3S2. The summed E-state index contributed by atoms with van der Waals surface area (Å²) in [6, 6.07) is 2.83. The highest BCUT2D eigenvalue weighted by Crippen LogP contribution is 2.21. The summed E-state index contributed by atoms with van der Waals surface area (Å²) in [6.07, 6.45) is 0. The van der Waals surface area contributed by atoms with Gasteiger partial charge in [-0.15, -0.1) is 23.1 Å². The first-order valence-corrected chi connectivity index (χ1v) is 7.09. The van der Waals surface area contributed by atoms with Crippen LogP contribution in [0.15, 0.2) is 17.5 Å². The molecule has 0 aromatic carbocycles. The highest BCUT2D eigenvalue weighted by atomic mass is 32.2. The molecule has 92 valence electrons. The smallest absolute Gasteiger partial charge is 0.327 e. The number of hydrogen-bond donors (Lipinski definition) is 2. The minimum Gasteiger partial charge on any atom is -0.480 e. The molecule has 2 rings (SSSR count). The number of aliphatic carboxylic acids is 1. The van der Waals surface area contributed by atoms with E-state index in [9.17, 15) is 9.59 Å². The minimum absolute atomic E-state index is 0.309. The molecule has 17 heavy (non-hydrogen) atoms. The lowest BCUT2D eigenvalue weighted by Gasteiger charge is -2.20. The second-order valence-electron chi connectivity index (χ2n) is 3.56. The molecule has 0 spiro atoms. The summed E-state index contributed by atoms with van der Waals surface area (Å²) in [5.41, 5.74) is 0. The van der Waals surface area contributed by atoms with E-state index in [1.807, 2.05) is 17.5 Å². The molecule has 1 aliphatic heterocycles. The molecule has 7 heteroatoms. The minimum atomic E-state index is -0.943. The number of hydrogen-bond acceptors (Lipinski definition) is 4. The quantitative estimate of drug-likeness (QED) is 0.873. The number of carboxylic acid groups (broad SMARTS) is 1. The predicted molar refractivity (Wildman–Crippen MR) is 67.1 cm³/mol. The molecule has 2 N–H and O–H groups in total. The zero-order chi connectivity index (χ0) is 12.3. The lowest BCUT2D eigenvalue weighted by Crippen LogP contribution is -2.46. The van der Waals surface area contributed by atoms with Gasteiger partial charge >= 0.3 is 12.0 Å². The topological polar surface area (TPSA) is 69.6 Å². The molecule has 5 nitrogen and oxygen atoms in total. The maximum Gasteiger partial charge on any atom is 0.327 e. The van der Waals surface area contributed by atoms with E-state index >= 15 is 0 Å². The molecule has 1 aliphatic rings. The third-order valence-corrected chi connectivity index (χ3v) is 4.31. The van der Waals surface area contributed by atoms with Crippen LogP contribution in [0.3, 0.4) is 0 Å². The summed E-state index contributed by atoms with van der Waals surface area (Å²) in [5, 5.41) is 13.6. The lowest BCUT2D eigenvalue weighted by molar-refractivity contribution is -0.140. The first-order chi connectivity index (χ1) is 8.18. The summed E-state index contributed by atoms with van der Waals surface area (Å²) in [4.78, 5) is 25.1. The second kappa shape index (κ2) is 5.42. The van der Waals surface area contributed by atoms with Crippen LogP contribution in [-0.4, -0.2) is 39.7 Å². The molecule has 1 saturated heterocycles. The van der Waals surface area contributed by atoms with Gasteiger partial charge in [-0.3, -0.25) is 0 Å². The fraction of sp³-hybridized carbons (Fsp3) is 0.400. The monoisotopic (exact) mass is 272 g/mol. The van der Waals surface area contributed by atoms with Crippen LogP contribution in [0, 0.1) is 0 Å². The Hall–Kier alpha value is -1.21. The van der Waals surface area contributed by atoms with Gasteiger partial charge in [-0.05, 0) is 11.4 Å². The number of carbonyl (C=O) groups excluding carboxylic acids is 1. The van der Waals surface area contributed by atoms with Crippen LogP contribution in [0.2, 0.25) is 0 Å². The summed E-state index contributed by atoms with van der Waals surface area (Å²) in [7, 11) is 0. The Morgan fingerprint density at radius 1 is 1.59 bits per heavy atom. The van der Waals surface area contributed by atoms with Gasteiger partial charge in [0.25, 0.3) is 0 Å². The highest BCUT2D eigenvalue weighted by Gasteiger charge is 2.34. The van der Waals surface area contributed by atoms with Gasteiger partial charge in [0.2, 0.25) is 0 Å². The third-order valence-electron chi connectivity index (χ3n) is 2.42. The Balaban J connectivity index is 1.89. The summed E-state index contributed by atoms with van der Waals surface area (Å²) < 4.78 is 0. The van der Waals surface area contributed by atoms with Gasteiger partial charge in [-0.25, -0.2) is 9.59 Å². The maximum absolute atomic E-state index is 11.8. The van der Waals surface area contributed by atoms with Gasteiger partial charge in [0.1, 0.15) is 6.04 Å². The average Bonchev–Trinajstić information content (AvgIpc) is 2.96. The predicted octanol–water partition coefficient (Wildman–Crippen LogP) is 1.42. The van der Waals surface area contributed by atoms with Crippen LogP contribution >= 0.6 is 23.1 Å². The molecule has 2 heterocycles. The molecule has 1 aromatic heterocycles. The summed E-state index contributed by atoms with van der Waals surface area (Å²) >= 11 is 3.02. The number of thiophene rings is 1. The van der Waals surface area contributed by atoms with Gasteiger partial charge in [0.05, 0.1) is 12.4 Å². The fourth-order valence-electron chi connectivity index (χ4n) is 1.52. The van der Waals surface area contributed by atoms with Crippen molar-refractivity contribution in [3.05, 3.63) is 22.4 Å². The highest BCUT2D eigenvalue weighted by molar-refractivity contribution is 7.99. The number of carbonyl (C=O) groups is 2. The van der Waals surface area contributed by atoms with Gasteiger partial charge in [-0.2, -0.15) is 0 Å². The van der Waals surface area contributed by atoms with Crippen LogP contribution < -0.4 is 5.32 Å². The Kier molecular flexibility index (Phi) is 3.90. The zero-order valence-corrected chi connectivity index (χ0v) is 10.6. The normalized spacial score (nSPS) is 19.3. The molecule has 0 radical (unpaired) electrons. The lowest BCUT2D eigenvalue weighted by atomic mass is 10.3. The number of nitrogens with zero attached hydrogens (tertiary/aromatic N) is 1. The standard InChI is InChI=1S/C10H12N2O3S2/c13-9(14)8-5-16-6-12(8)10(15)11-4-7-2-1-3-17-7/h1-3,8H,4-6H2,(H,11,15)(H,13,14). The SMILES string of the molecule is O=C(O)C1CSCN1C(=O)NCc1cccs1. The summed E-state index contributed by atoms with van der Waals surface area (Å²) in [6.45, 7) is 0.448. The Morgan fingerprint density at radius 3 is 3.06 bits per heavy atom. The van der Waals surface area contributed by atoms with Gasteiger partial charge < -0.3 is 15.3 Å². The van der Waals surface area contributed by atoms with Crippen molar-refractivity contribution in [3.63, 3.8) is 0 Å². The molecule has 2 amide bonds.